The van der Waals surface area contributed by atoms with Gasteiger partial charge in [0.15, 0.2) is 0 Å². The highest BCUT2D eigenvalue weighted by molar-refractivity contribution is 5.51. The summed E-state index contributed by atoms with van der Waals surface area (Å²) in [6.45, 7) is 0.118. The molecule has 1 heterocycles. The van der Waals surface area contributed by atoms with Crippen molar-refractivity contribution < 1.29 is 13.2 Å². The molecular formula is C10H10F3N5. The number of rotatable bonds is 3. The molecule has 0 atom stereocenters. The zero-order valence-corrected chi connectivity index (χ0v) is 9.12. The maximum absolute atomic E-state index is 12.2. The molecule has 0 saturated carbocycles. The number of benzene rings is 1. The van der Waals surface area contributed by atoms with Crippen LogP contribution in [-0.2, 0) is 12.7 Å². The predicted octanol–water partition coefficient (Wildman–Crippen LogP) is 2.02. The van der Waals surface area contributed by atoms with Crippen LogP contribution in [0.15, 0.2) is 24.3 Å². The van der Waals surface area contributed by atoms with Crippen LogP contribution in [0.3, 0.4) is 0 Å². The van der Waals surface area contributed by atoms with Crippen LogP contribution in [0.4, 0.5) is 24.5 Å². The Labute approximate surface area is 100 Å². The van der Waals surface area contributed by atoms with Gasteiger partial charge in [0.2, 0.25) is 5.82 Å². The minimum absolute atomic E-state index is 0.110. The van der Waals surface area contributed by atoms with Gasteiger partial charge in [-0.05, 0) is 24.3 Å². The Balaban J connectivity index is 1.98. The molecule has 0 bridgehead atoms. The van der Waals surface area contributed by atoms with E-state index in [1.165, 1.54) is 0 Å². The van der Waals surface area contributed by atoms with Crippen molar-refractivity contribution in [3.05, 3.63) is 35.9 Å². The van der Waals surface area contributed by atoms with E-state index in [0.717, 1.165) is 5.69 Å². The monoisotopic (exact) mass is 257 g/mol. The van der Waals surface area contributed by atoms with Gasteiger partial charge in [0.05, 0.1) is 6.54 Å². The molecule has 2 rings (SSSR count). The molecule has 0 unspecified atom stereocenters. The Morgan fingerprint density at radius 2 is 1.83 bits per heavy atom. The van der Waals surface area contributed by atoms with Crippen molar-refractivity contribution in [2.75, 3.05) is 11.1 Å². The normalized spacial score (nSPS) is 11.5. The second kappa shape index (κ2) is 4.55. The summed E-state index contributed by atoms with van der Waals surface area (Å²) in [4.78, 5) is 2.10. The lowest BCUT2D eigenvalue weighted by atomic mass is 10.3. The number of nitrogens with zero attached hydrogens (tertiary/aromatic N) is 2. The first-order valence-electron chi connectivity index (χ1n) is 5.03. The van der Waals surface area contributed by atoms with Gasteiger partial charge in [-0.3, -0.25) is 0 Å². The fraction of sp³-hybridized carbons (Fsp3) is 0.200. The van der Waals surface area contributed by atoms with Crippen LogP contribution < -0.4 is 11.1 Å². The number of nitrogen functional groups attached to an aromatic ring is 1. The summed E-state index contributed by atoms with van der Waals surface area (Å²) < 4.78 is 36.7. The molecule has 2 aromatic rings. The molecule has 1 aromatic heterocycles. The summed E-state index contributed by atoms with van der Waals surface area (Å²) in [5.41, 5.74) is 6.85. The Morgan fingerprint density at radius 1 is 1.17 bits per heavy atom. The van der Waals surface area contributed by atoms with E-state index >= 15 is 0 Å². The van der Waals surface area contributed by atoms with Crippen molar-refractivity contribution in [1.82, 2.24) is 15.2 Å². The van der Waals surface area contributed by atoms with Gasteiger partial charge in [0, 0.05) is 11.4 Å². The number of hydrogen-bond acceptors (Lipinski definition) is 4. The fourth-order valence-corrected chi connectivity index (χ4v) is 1.29. The standard InChI is InChI=1S/C10H10F3N5/c11-10(12,13)9-16-8(17-18-9)5-15-7-3-1-6(14)2-4-7/h1-4,15H,5,14H2,(H,16,17,18). The number of nitrogens with two attached hydrogens (primary N) is 1. The molecule has 0 radical (unpaired) electrons. The lowest BCUT2D eigenvalue weighted by Gasteiger charge is -2.04. The Bertz CT molecular complexity index is 517. The molecule has 4 N–H and O–H groups in total. The molecule has 0 aliphatic heterocycles. The predicted molar refractivity (Wildman–Crippen MR) is 59.6 cm³/mol. The first kappa shape index (κ1) is 12.2. The number of aromatic nitrogens is 3. The molecular weight excluding hydrogens is 247 g/mol. The van der Waals surface area contributed by atoms with Crippen LogP contribution in [0.1, 0.15) is 11.6 Å². The largest absolute Gasteiger partial charge is 0.451 e. The lowest BCUT2D eigenvalue weighted by Crippen LogP contribution is -2.08. The second-order valence-corrected chi connectivity index (χ2v) is 3.59. The SMILES string of the molecule is Nc1ccc(NCc2nnc(C(F)(F)F)[nH]2)cc1. The first-order valence-corrected chi connectivity index (χ1v) is 5.03. The molecule has 0 aliphatic carbocycles. The quantitative estimate of drug-likeness (QED) is 0.735. The topological polar surface area (TPSA) is 79.6 Å². The van der Waals surface area contributed by atoms with Crippen LogP contribution in [-0.4, -0.2) is 15.2 Å². The molecule has 8 heteroatoms. The van der Waals surface area contributed by atoms with Crippen LogP contribution in [0.5, 0.6) is 0 Å². The number of nitrogens with one attached hydrogen (secondary N) is 2. The summed E-state index contributed by atoms with van der Waals surface area (Å²) in [6, 6.07) is 6.81. The molecule has 5 nitrogen and oxygen atoms in total. The maximum Gasteiger partial charge on any atom is 0.451 e. The van der Waals surface area contributed by atoms with Gasteiger partial charge in [0.1, 0.15) is 5.82 Å². The molecule has 96 valence electrons. The lowest BCUT2D eigenvalue weighted by molar-refractivity contribution is -0.144. The summed E-state index contributed by atoms with van der Waals surface area (Å²) in [6.07, 6.45) is -4.51. The highest BCUT2D eigenvalue weighted by Crippen LogP contribution is 2.25. The molecule has 0 fully saturated rings. The summed E-state index contributed by atoms with van der Waals surface area (Å²) >= 11 is 0. The van der Waals surface area contributed by atoms with Crippen LogP contribution in [0.2, 0.25) is 0 Å². The van der Waals surface area contributed by atoms with E-state index in [1.807, 2.05) is 0 Å². The van der Waals surface area contributed by atoms with Crippen molar-refractivity contribution in [1.29, 1.82) is 0 Å². The second-order valence-electron chi connectivity index (χ2n) is 3.59. The molecule has 0 spiro atoms. The van der Waals surface area contributed by atoms with Crippen molar-refractivity contribution in [3.63, 3.8) is 0 Å². The van der Waals surface area contributed by atoms with Crippen LogP contribution >= 0.6 is 0 Å². The smallest absolute Gasteiger partial charge is 0.399 e. The fourth-order valence-electron chi connectivity index (χ4n) is 1.29. The highest BCUT2D eigenvalue weighted by atomic mass is 19.4. The zero-order valence-electron chi connectivity index (χ0n) is 9.12. The minimum atomic E-state index is -4.51. The Kier molecular flexibility index (Phi) is 3.09. The van der Waals surface area contributed by atoms with E-state index in [9.17, 15) is 13.2 Å². The molecule has 0 amide bonds. The number of halogens is 3. The van der Waals surface area contributed by atoms with E-state index in [4.69, 9.17) is 5.73 Å². The third kappa shape index (κ3) is 2.90. The Hall–Kier alpha value is -2.25. The minimum Gasteiger partial charge on any atom is -0.399 e. The van der Waals surface area contributed by atoms with Gasteiger partial charge < -0.3 is 16.0 Å². The molecule has 0 saturated heterocycles. The molecule has 0 aliphatic rings. The van der Waals surface area contributed by atoms with Gasteiger partial charge in [-0.2, -0.15) is 13.2 Å². The van der Waals surface area contributed by atoms with E-state index in [0.29, 0.717) is 5.69 Å². The number of anilines is 2. The number of aromatic amines is 1. The van der Waals surface area contributed by atoms with E-state index in [1.54, 1.807) is 24.3 Å². The summed E-state index contributed by atoms with van der Waals surface area (Å²) in [7, 11) is 0. The van der Waals surface area contributed by atoms with Crippen molar-refractivity contribution in [2.24, 2.45) is 0 Å². The summed E-state index contributed by atoms with van der Waals surface area (Å²) in [5, 5.41) is 9.32. The number of hydrogen-bond donors (Lipinski definition) is 3. The zero-order chi connectivity index (χ0) is 13.2. The third-order valence-electron chi connectivity index (χ3n) is 2.17. The van der Waals surface area contributed by atoms with Gasteiger partial charge in [0.25, 0.3) is 0 Å². The summed E-state index contributed by atoms with van der Waals surface area (Å²) in [5.74, 6) is -0.990. The first-order chi connectivity index (χ1) is 8.45. The average molecular weight is 257 g/mol. The number of alkyl halides is 3. The van der Waals surface area contributed by atoms with E-state index in [-0.39, 0.29) is 12.4 Å². The van der Waals surface area contributed by atoms with Gasteiger partial charge in [-0.25, -0.2) is 0 Å². The van der Waals surface area contributed by atoms with Crippen molar-refractivity contribution >= 4 is 11.4 Å². The van der Waals surface area contributed by atoms with E-state index in [2.05, 4.69) is 20.5 Å². The van der Waals surface area contributed by atoms with Gasteiger partial charge in [-0.1, -0.05) is 0 Å². The molecule has 1 aromatic carbocycles. The maximum atomic E-state index is 12.2. The van der Waals surface area contributed by atoms with E-state index < -0.39 is 12.0 Å². The average Bonchev–Trinajstić information content (AvgIpc) is 2.77. The van der Waals surface area contributed by atoms with Crippen LogP contribution in [0, 0.1) is 0 Å². The van der Waals surface area contributed by atoms with Crippen molar-refractivity contribution in [3.8, 4) is 0 Å². The number of H-pyrrole nitrogens is 1. The van der Waals surface area contributed by atoms with Gasteiger partial charge >= 0.3 is 6.18 Å². The Morgan fingerprint density at radius 3 is 2.39 bits per heavy atom. The highest BCUT2D eigenvalue weighted by Gasteiger charge is 2.35. The third-order valence-corrected chi connectivity index (χ3v) is 2.17. The van der Waals surface area contributed by atoms with Gasteiger partial charge in [-0.15, -0.1) is 10.2 Å². The van der Waals surface area contributed by atoms with Crippen molar-refractivity contribution in [2.45, 2.75) is 12.7 Å². The van der Waals surface area contributed by atoms with Crippen LogP contribution in [0.25, 0.3) is 0 Å². The molecule has 18 heavy (non-hydrogen) atoms.